The number of nitro groups is 1. The van der Waals surface area contributed by atoms with E-state index in [4.69, 9.17) is 9.16 Å². The zero-order valence-electron chi connectivity index (χ0n) is 17.4. The van der Waals surface area contributed by atoms with Crippen molar-refractivity contribution in [3.05, 3.63) is 28.3 Å². The Labute approximate surface area is 163 Å². The number of hydrogen-bond acceptors (Lipinski definition) is 6. The molecule has 1 aromatic carbocycles. The van der Waals surface area contributed by atoms with E-state index in [0.717, 1.165) is 31.9 Å². The molecule has 0 saturated carbocycles. The smallest absolute Gasteiger partial charge is 0.273 e. The molecule has 8 heteroatoms. The summed E-state index contributed by atoms with van der Waals surface area (Å²) in [7, 11) is 0.270. The van der Waals surface area contributed by atoms with Gasteiger partial charge in [0.05, 0.1) is 23.3 Å². The Morgan fingerprint density at radius 2 is 1.78 bits per heavy atom. The molecule has 152 valence electrons. The van der Waals surface area contributed by atoms with Crippen LogP contribution in [0.3, 0.4) is 0 Å². The lowest BCUT2D eigenvalue weighted by molar-refractivity contribution is -0.384. The third-order valence-electron chi connectivity index (χ3n) is 5.61. The van der Waals surface area contributed by atoms with E-state index in [1.54, 1.807) is 12.1 Å². The van der Waals surface area contributed by atoms with E-state index in [1.807, 2.05) is 0 Å². The Morgan fingerprint density at radius 3 is 2.33 bits per heavy atom. The van der Waals surface area contributed by atoms with Crippen LogP contribution in [0.2, 0.25) is 18.1 Å². The van der Waals surface area contributed by atoms with E-state index < -0.39 is 8.32 Å². The van der Waals surface area contributed by atoms with E-state index in [2.05, 4.69) is 50.7 Å². The SMILES string of the molecule is CN1CCN(c2ccc([N+](=O)[O-])cc2OCCO[Si](C)(C)C(C)(C)C)CC1. The topological polar surface area (TPSA) is 68.1 Å². The average molecular weight is 396 g/mol. The number of hydrogen-bond donors (Lipinski definition) is 0. The summed E-state index contributed by atoms with van der Waals surface area (Å²) in [6, 6.07) is 4.88. The molecule has 0 bridgehead atoms. The van der Waals surface area contributed by atoms with Gasteiger partial charge in [-0.05, 0) is 31.2 Å². The highest BCUT2D eigenvalue weighted by Gasteiger charge is 2.37. The number of nitro benzene ring substituents is 1. The van der Waals surface area contributed by atoms with Gasteiger partial charge in [-0.25, -0.2) is 0 Å². The average Bonchev–Trinajstić information content (AvgIpc) is 2.58. The lowest BCUT2D eigenvalue weighted by atomic mass is 10.2. The zero-order chi connectivity index (χ0) is 20.2. The van der Waals surface area contributed by atoms with Crippen molar-refractivity contribution in [1.29, 1.82) is 0 Å². The van der Waals surface area contributed by atoms with Crippen molar-refractivity contribution in [2.24, 2.45) is 0 Å². The molecule has 1 aliphatic heterocycles. The standard InChI is InChI=1S/C19H33N3O4Si/c1-19(2,3)27(5,6)26-14-13-25-18-15-16(22(23)24)7-8-17(18)21-11-9-20(4)10-12-21/h7-8,15H,9-14H2,1-6H3. The van der Waals surface area contributed by atoms with Gasteiger partial charge in [-0.15, -0.1) is 0 Å². The van der Waals surface area contributed by atoms with E-state index in [1.165, 1.54) is 6.07 Å². The summed E-state index contributed by atoms with van der Waals surface area (Å²) in [5.74, 6) is 0.563. The van der Waals surface area contributed by atoms with Gasteiger partial charge >= 0.3 is 0 Å². The van der Waals surface area contributed by atoms with Crippen molar-refractivity contribution in [2.45, 2.75) is 38.9 Å². The monoisotopic (exact) mass is 395 g/mol. The van der Waals surface area contributed by atoms with Crippen LogP contribution in [0.1, 0.15) is 20.8 Å². The zero-order valence-corrected chi connectivity index (χ0v) is 18.4. The molecule has 1 heterocycles. The summed E-state index contributed by atoms with van der Waals surface area (Å²) >= 11 is 0. The Hall–Kier alpha value is -1.64. The maximum Gasteiger partial charge on any atom is 0.273 e. The first kappa shape index (κ1) is 21.7. The van der Waals surface area contributed by atoms with Crippen LogP contribution in [0.15, 0.2) is 18.2 Å². The van der Waals surface area contributed by atoms with Crippen LogP contribution in [0.5, 0.6) is 5.75 Å². The first-order chi connectivity index (χ1) is 12.5. The molecule has 0 atom stereocenters. The first-order valence-corrected chi connectivity index (χ1v) is 12.4. The number of nitrogens with zero attached hydrogens (tertiary/aromatic N) is 3. The fourth-order valence-corrected chi connectivity index (χ4v) is 3.73. The first-order valence-electron chi connectivity index (χ1n) is 9.50. The molecule has 1 aliphatic rings. The van der Waals surface area contributed by atoms with Crippen molar-refractivity contribution in [2.75, 3.05) is 51.3 Å². The normalized spacial score (nSPS) is 16.4. The summed E-state index contributed by atoms with van der Waals surface area (Å²) in [6.45, 7) is 15.6. The van der Waals surface area contributed by atoms with Gasteiger partial charge < -0.3 is 19.0 Å². The summed E-state index contributed by atoms with van der Waals surface area (Å²) in [6.07, 6.45) is 0. The lowest BCUT2D eigenvalue weighted by Gasteiger charge is -2.36. The number of likely N-dealkylation sites (N-methyl/N-ethyl adjacent to an activating group) is 1. The van der Waals surface area contributed by atoms with Crippen molar-refractivity contribution in [1.82, 2.24) is 4.90 Å². The maximum absolute atomic E-state index is 11.2. The largest absolute Gasteiger partial charge is 0.489 e. The molecule has 0 radical (unpaired) electrons. The molecular weight excluding hydrogens is 362 g/mol. The minimum absolute atomic E-state index is 0.0493. The molecule has 1 fully saturated rings. The molecule has 2 rings (SSSR count). The van der Waals surface area contributed by atoms with E-state index in [9.17, 15) is 10.1 Å². The summed E-state index contributed by atoms with van der Waals surface area (Å²) in [5, 5.41) is 11.3. The minimum Gasteiger partial charge on any atom is -0.489 e. The van der Waals surface area contributed by atoms with Crippen LogP contribution in [-0.4, -0.2) is 64.6 Å². The van der Waals surface area contributed by atoms with Gasteiger partial charge in [-0.1, -0.05) is 20.8 Å². The predicted molar refractivity (Wildman–Crippen MR) is 111 cm³/mol. The molecule has 0 N–H and O–H groups in total. The third-order valence-corrected chi connectivity index (χ3v) is 10.1. The fourth-order valence-electron chi connectivity index (χ4n) is 2.71. The van der Waals surface area contributed by atoms with Crippen molar-refractivity contribution in [3.63, 3.8) is 0 Å². The van der Waals surface area contributed by atoms with Crippen LogP contribution in [-0.2, 0) is 4.43 Å². The second-order valence-corrected chi connectivity index (χ2v) is 13.5. The number of piperazine rings is 1. The molecule has 27 heavy (non-hydrogen) atoms. The number of anilines is 1. The highest BCUT2D eigenvalue weighted by molar-refractivity contribution is 6.74. The van der Waals surface area contributed by atoms with Crippen LogP contribution >= 0.6 is 0 Å². The Morgan fingerprint density at radius 1 is 1.15 bits per heavy atom. The van der Waals surface area contributed by atoms with E-state index >= 15 is 0 Å². The number of rotatable bonds is 7. The third kappa shape index (κ3) is 5.67. The minimum atomic E-state index is -1.83. The Bertz CT molecular complexity index is 653. The number of ether oxygens (including phenoxy) is 1. The summed E-state index contributed by atoms with van der Waals surface area (Å²) < 4.78 is 12.1. The second kappa shape index (κ2) is 8.58. The number of benzene rings is 1. The predicted octanol–water partition coefficient (Wildman–Crippen LogP) is 3.75. The van der Waals surface area contributed by atoms with Gasteiger partial charge in [0.25, 0.3) is 5.69 Å². The Balaban J connectivity index is 2.07. The molecule has 7 nitrogen and oxygen atoms in total. The van der Waals surface area contributed by atoms with Crippen LogP contribution in [0, 0.1) is 10.1 Å². The summed E-state index contributed by atoms with van der Waals surface area (Å²) in [5.41, 5.74) is 0.967. The second-order valence-electron chi connectivity index (χ2n) is 8.66. The molecule has 0 aromatic heterocycles. The van der Waals surface area contributed by atoms with Crippen molar-refractivity contribution < 1.29 is 14.1 Å². The molecule has 0 unspecified atom stereocenters. The van der Waals surface area contributed by atoms with E-state index in [0.29, 0.717) is 19.0 Å². The summed E-state index contributed by atoms with van der Waals surface area (Å²) in [4.78, 5) is 15.3. The number of non-ortho nitro benzene ring substituents is 1. The van der Waals surface area contributed by atoms with Gasteiger partial charge in [0.15, 0.2) is 8.32 Å². The molecule has 0 amide bonds. The van der Waals surface area contributed by atoms with Gasteiger partial charge in [-0.3, -0.25) is 10.1 Å². The lowest BCUT2D eigenvalue weighted by Crippen LogP contribution is -2.44. The van der Waals surface area contributed by atoms with Gasteiger partial charge in [0, 0.05) is 32.2 Å². The van der Waals surface area contributed by atoms with Crippen molar-refractivity contribution >= 4 is 19.7 Å². The van der Waals surface area contributed by atoms with E-state index in [-0.39, 0.29) is 15.6 Å². The van der Waals surface area contributed by atoms with Gasteiger partial charge in [0.1, 0.15) is 12.4 Å². The molecule has 1 aromatic rings. The molecule has 0 aliphatic carbocycles. The maximum atomic E-state index is 11.2. The molecular formula is C19H33N3O4Si. The van der Waals surface area contributed by atoms with Gasteiger partial charge in [0.2, 0.25) is 0 Å². The molecule has 0 spiro atoms. The highest BCUT2D eigenvalue weighted by Crippen LogP contribution is 2.37. The Kier molecular flexibility index (Phi) is 6.88. The molecule has 1 saturated heterocycles. The van der Waals surface area contributed by atoms with Crippen LogP contribution < -0.4 is 9.64 Å². The van der Waals surface area contributed by atoms with Crippen LogP contribution in [0.4, 0.5) is 11.4 Å². The van der Waals surface area contributed by atoms with Gasteiger partial charge in [-0.2, -0.15) is 0 Å². The highest BCUT2D eigenvalue weighted by atomic mass is 28.4. The van der Waals surface area contributed by atoms with Crippen molar-refractivity contribution in [3.8, 4) is 5.75 Å². The van der Waals surface area contributed by atoms with Crippen LogP contribution in [0.25, 0.3) is 0 Å². The fraction of sp³-hybridized carbons (Fsp3) is 0.684. The quantitative estimate of drug-likeness (QED) is 0.303.